The Morgan fingerprint density at radius 1 is 1.43 bits per heavy atom. The molecule has 0 aliphatic heterocycles. The van der Waals surface area contributed by atoms with Gasteiger partial charge in [0.2, 0.25) is 5.91 Å². The molecule has 0 atom stereocenters. The molecule has 1 amide bonds. The highest BCUT2D eigenvalue weighted by atomic mass is 16.2. The second-order valence-corrected chi connectivity index (χ2v) is 3.04. The Kier molecular flexibility index (Phi) is 3.85. The Hall–Kier alpha value is -1.64. The van der Waals surface area contributed by atoms with Crippen molar-refractivity contribution >= 4 is 11.7 Å². The third-order valence-electron chi connectivity index (χ3n) is 1.66. The molecule has 1 N–H and O–H groups in total. The molecule has 0 fully saturated rings. The number of ketones is 1. The lowest BCUT2D eigenvalue weighted by Gasteiger charge is -2.01. The molecule has 1 aromatic rings. The molecule has 1 rings (SSSR count). The average Bonchev–Trinajstić information content (AvgIpc) is 2.16. The van der Waals surface area contributed by atoms with Gasteiger partial charge >= 0.3 is 0 Å². The lowest BCUT2D eigenvalue weighted by Crippen LogP contribution is -2.29. The van der Waals surface area contributed by atoms with Crippen molar-refractivity contribution in [2.24, 2.45) is 0 Å². The van der Waals surface area contributed by atoms with Gasteiger partial charge in [-0.1, -0.05) is 24.3 Å². The summed E-state index contributed by atoms with van der Waals surface area (Å²) in [7, 11) is 0. The Balaban J connectivity index is 2.38. The Morgan fingerprint density at radius 3 is 2.79 bits per heavy atom. The molecule has 0 aliphatic rings. The van der Waals surface area contributed by atoms with E-state index in [0.29, 0.717) is 0 Å². The molecule has 1 radical (unpaired) electrons. The quantitative estimate of drug-likeness (QED) is 0.761. The number of carbonyl (C=O) groups excluding carboxylic acids is 2. The fraction of sp³-hybridized carbons (Fsp3) is 0.273. The molecule has 0 spiro atoms. The van der Waals surface area contributed by atoms with Crippen LogP contribution in [0.5, 0.6) is 0 Å². The number of rotatable bonds is 4. The number of Topliss-reactive ketones (excluding diaryl/α,β-unsaturated/α-hetero) is 1. The average molecular weight is 190 g/mol. The molecule has 0 saturated heterocycles. The van der Waals surface area contributed by atoms with Gasteiger partial charge in [0.25, 0.3) is 0 Å². The number of hydrogen-bond acceptors (Lipinski definition) is 2. The van der Waals surface area contributed by atoms with Gasteiger partial charge in [-0.05, 0) is 18.6 Å². The number of hydrogen-bond donors (Lipinski definition) is 1. The van der Waals surface area contributed by atoms with Crippen LogP contribution in [0.2, 0.25) is 0 Å². The van der Waals surface area contributed by atoms with E-state index in [2.05, 4.69) is 11.4 Å². The van der Waals surface area contributed by atoms with E-state index in [1.54, 1.807) is 6.07 Å². The Labute approximate surface area is 83.1 Å². The predicted molar refractivity (Wildman–Crippen MR) is 52.7 cm³/mol. The third-order valence-corrected chi connectivity index (χ3v) is 1.66. The monoisotopic (exact) mass is 190 g/mol. The largest absolute Gasteiger partial charge is 0.349 e. The maximum atomic E-state index is 11.2. The van der Waals surface area contributed by atoms with E-state index in [4.69, 9.17) is 0 Å². The highest BCUT2D eigenvalue weighted by Gasteiger charge is 2.02. The van der Waals surface area contributed by atoms with Crippen molar-refractivity contribution in [1.29, 1.82) is 0 Å². The number of nitrogens with one attached hydrogen (secondary N) is 1. The van der Waals surface area contributed by atoms with Gasteiger partial charge in [-0.2, -0.15) is 0 Å². The van der Waals surface area contributed by atoms with Gasteiger partial charge < -0.3 is 5.32 Å². The summed E-state index contributed by atoms with van der Waals surface area (Å²) in [4.78, 5) is 21.8. The van der Waals surface area contributed by atoms with Gasteiger partial charge in [0.1, 0.15) is 5.78 Å². The Morgan fingerprint density at radius 2 is 2.21 bits per heavy atom. The normalized spacial score (nSPS) is 9.50. The first kappa shape index (κ1) is 10.4. The summed E-state index contributed by atoms with van der Waals surface area (Å²) in [6.45, 7) is 1.54. The van der Waals surface area contributed by atoms with Crippen LogP contribution in [0.15, 0.2) is 24.3 Å². The van der Waals surface area contributed by atoms with E-state index in [1.165, 1.54) is 6.92 Å². The van der Waals surface area contributed by atoms with Gasteiger partial charge in [-0.25, -0.2) is 0 Å². The molecule has 0 aromatic heterocycles. The van der Waals surface area contributed by atoms with Crippen LogP contribution in [0.1, 0.15) is 12.5 Å². The SMILES string of the molecule is CC(=O)CNC(=O)Cc1[c]cccc1. The minimum absolute atomic E-state index is 0.0459. The molecule has 73 valence electrons. The zero-order chi connectivity index (χ0) is 10.4. The van der Waals surface area contributed by atoms with E-state index in [9.17, 15) is 9.59 Å². The van der Waals surface area contributed by atoms with Gasteiger partial charge in [0.15, 0.2) is 0 Å². The molecule has 0 saturated carbocycles. The lowest BCUT2D eigenvalue weighted by molar-refractivity contribution is -0.124. The van der Waals surface area contributed by atoms with Crippen molar-refractivity contribution in [3.05, 3.63) is 35.9 Å². The van der Waals surface area contributed by atoms with E-state index >= 15 is 0 Å². The van der Waals surface area contributed by atoms with Crippen LogP contribution in [0.4, 0.5) is 0 Å². The van der Waals surface area contributed by atoms with Crippen LogP contribution in [0.25, 0.3) is 0 Å². The summed E-state index contributed by atoms with van der Waals surface area (Å²) in [5.74, 6) is -0.196. The van der Waals surface area contributed by atoms with Crippen LogP contribution < -0.4 is 5.32 Å². The van der Waals surface area contributed by atoms with Gasteiger partial charge in [0, 0.05) is 0 Å². The molecule has 3 nitrogen and oxygen atoms in total. The summed E-state index contributed by atoms with van der Waals surface area (Å²) in [6, 6.07) is 10.2. The number of amides is 1. The fourth-order valence-electron chi connectivity index (χ4n) is 0.999. The van der Waals surface area contributed by atoms with E-state index in [1.807, 2.05) is 18.2 Å². The van der Waals surface area contributed by atoms with Crippen LogP contribution in [0, 0.1) is 6.07 Å². The summed E-state index contributed by atoms with van der Waals surface area (Å²) in [5.41, 5.74) is 0.827. The summed E-state index contributed by atoms with van der Waals surface area (Å²) in [6.07, 6.45) is 0.272. The lowest BCUT2D eigenvalue weighted by atomic mass is 10.1. The van der Waals surface area contributed by atoms with Crippen molar-refractivity contribution < 1.29 is 9.59 Å². The van der Waals surface area contributed by atoms with Gasteiger partial charge in [-0.15, -0.1) is 0 Å². The molecule has 1 aromatic carbocycles. The van der Waals surface area contributed by atoms with Crippen LogP contribution in [-0.2, 0) is 16.0 Å². The molecule has 0 aliphatic carbocycles. The number of carbonyl (C=O) groups is 2. The van der Waals surface area contributed by atoms with E-state index < -0.39 is 0 Å². The standard InChI is InChI=1S/C11H12NO2/c1-9(13)8-12-11(14)7-10-5-3-2-4-6-10/h2-5H,7-8H2,1H3,(H,12,14). The zero-order valence-electron chi connectivity index (χ0n) is 8.04. The van der Waals surface area contributed by atoms with Crippen LogP contribution in [-0.4, -0.2) is 18.2 Å². The van der Waals surface area contributed by atoms with Crippen molar-refractivity contribution in [3.63, 3.8) is 0 Å². The smallest absolute Gasteiger partial charge is 0.224 e. The predicted octanol–water partition coefficient (Wildman–Crippen LogP) is 0.734. The maximum absolute atomic E-state index is 11.2. The molecule has 3 heteroatoms. The van der Waals surface area contributed by atoms with Crippen molar-refractivity contribution in [3.8, 4) is 0 Å². The molecular formula is C11H12NO2. The second kappa shape index (κ2) is 5.17. The fourth-order valence-corrected chi connectivity index (χ4v) is 0.999. The topological polar surface area (TPSA) is 46.2 Å². The first-order chi connectivity index (χ1) is 6.68. The van der Waals surface area contributed by atoms with Crippen LogP contribution >= 0.6 is 0 Å². The maximum Gasteiger partial charge on any atom is 0.224 e. The highest BCUT2D eigenvalue weighted by Crippen LogP contribution is 1.97. The minimum Gasteiger partial charge on any atom is -0.349 e. The summed E-state index contributed by atoms with van der Waals surface area (Å²) >= 11 is 0. The molecule has 0 unspecified atom stereocenters. The van der Waals surface area contributed by atoms with Crippen LogP contribution in [0.3, 0.4) is 0 Å². The van der Waals surface area contributed by atoms with E-state index in [-0.39, 0.29) is 24.7 Å². The van der Waals surface area contributed by atoms with E-state index in [0.717, 1.165) is 5.56 Å². The zero-order valence-corrected chi connectivity index (χ0v) is 8.04. The molecule has 14 heavy (non-hydrogen) atoms. The van der Waals surface area contributed by atoms with Crippen molar-refractivity contribution in [1.82, 2.24) is 5.32 Å². The summed E-state index contributed by atoms with van der Waals surface area (Å²) < 4.78 is 0. The van der Waals surface area contributed by atoms with Crippen molar-refractivity contribution in [2.45, 2.75) is 13.3 Å². The minimum atomic E-state index is -0.150. The molecular weight excluding hydrogens is 178 g/mol. The van der Waals surface area contributed by atoms with Gasteiger partial charge in [0.05, 0.1) is 13.0 Å². The molecule has 0 heterocycles. The summed E-state index contributed by atoms with van der Waals surface area (Å²) in [5, 5.41) is 2.52. The first-order valence-corrected chi connectivity index (χ1v) is 4.40. The molecule has 0 bridgehead atoms. The highest BCUT2D eigenvalue weighted by molar-refractivity contribution is 5.85. The van der Waals surface area contributed by atoms with Gasteiger partial charge in [-0.3, -0.25) is 9.59 Å². The van der Waals surface area contributed by atoms with Crippen molar-refractivity contribution in [2.75, 3.05) is 6.54 Å². The first-order valence-electron chi connectivity index (χ1n) is 4.40. The second-order valence-electron chi connectivity index (χ2n) is 3.04. The number of benzene rings is 1. The Bertz CT molecular complexity index is 319. The third kappa shape index (κ3) is 3.85.